The lowest BCUT2D eigenvalue weighted by molar-refractivity contribution is -0.0545. The van der Waals surface area contributed by atoms with Crippen LogP contribution in [0.5, 0.6) is 0 Å². The van der Waals surface area contributed by atoms with Gasteiger partial charge in [0, 0.05) is 35.6 Å². The molecule has 0 unspecified atom stereocenters. The third-order valence-corrected chi connectivity index (χ3v) is 8.62. The smallest absolute Gasteiger partial charge is 0.278 e. The van der Waals surface area contributed by atoms with Gasteiger partial charge < -0.3 is 10.2 Å². The minimum Gasteiger partial charge on any atom is -0.371 e. The summed E-state index contributed by atoms with van der Waals surface area (Å²) in [6, 6.07) is 5.92. The molecule has 2 aliphatic rings. The van der Waals surface area contributed by atoms with Crippen molar-refractivity contribution in [2.75, 3.05) is 23.3 Å². The monoisotopic (exact) mass is 524 g/mol. The number of aromatic nitrogens is 2. The van der Waals surface area contributed by atoms with E-state index in [1.54, 1.807) is 13.0 Å². The molecule has 1 aliphatic carbocycles. The number of alkyl halides is 2. The Kier molecular flexibility index (Phi) is 7.31. The van der Waals surface area contributed by atoms with Crippen molar-refractivity contribution in [3.8, 4) is 0 Å². The molecule has 1 aliphatic heterocycles. The average Bonchev–Trinajstić information content (AvgIpc) is 3.39. The number of benzene rings is 2. The molecule has 3 aromatic rings. The average molecular weight is 525 g/mol. The minimum atomic E-state index is -3.25. The molecule has 7 heteroatoms. The molecule has 0 bridgehead atoms. The summed E-state index contributed by atoms with van der Waals surface area (Å²) in [5, 5.41) is 4.29. The molecule has 4 nitrogen and oxygen atoms in total. The second kappa shape index (κ2) is 10.4. The van der Waals surface area contributed by atoms with Gasteiger partial charge in [-0.05, 0) is 69.1 Å². The highest BCUT2D eigenvalue weighted by molar-refractivity contribution is 5.96. The van der Waals surface area contributed by atoms with Gasteiger partial charge in [0.05, 0.1) is 17.1 Å². The zero-order chi connectivity index (χ0) is 27.2. The molecule has 38 heavy (non-hydrogen) atoms. The predicted octanol–water partition coefficient (Wildman–Crippen LogP) is 8.11. The maximum atomic E-state index is 15.5. The van der Waals surface area contributed by atoms with Crippen molar-refractivity contribution in [2.45, 2.75) is 85.1 Å². The van der Waals surface area contributed by atoms with Crippen molar-refractivity contribution in [1.82, 2.24) is 9.97 Å². The van der Waals surface area contributed by atoms with Gasteiger partial charge in [-0.3, -0.25) is 0 Å². The number of nitrogens with one attached hydrogen (secondary N) is 1. The molecule has 1 fully saturated rings. The van der Waals surface area contributed by atoms with E-state index in [1.807, 2.05) is 6.92 Å². The quantitative estimate of drug-likeness (QED) is 0.339. The molecule has 204 valence electrons. The lowest BCUT2D eigenvalue weighted by Crippen LogP contribution is -2.34. The first-order valence-corrected chi connectivity index (χ1v) is 14.1. The Labute approximate surface area is 224 Å². The topological polar surface area (TPSA) is 41.0 Å². The first-order chi connectivity index (χ1) is 18.1. The normalized spacial score (nSPS) is 17.3. The Bertz CT molecular complexity index is 1330. The third-order valence-electron chi connectivity index (χ3n) is 8.62. The van der Waals surface area contributed by atoms with Crippen LogP contribution in [0.3, 0.4) is 0 Å². The van der Waals surface area contributed by atoms with E-state index in [4.69, 9.17) is 9.97 Å². The van der Waals surface area contributed by atoms with Crippen LogP contribution in [0.25, 0.3) is 10.9 Å². The van der Waals surface area contributed by atoms with Gasteiger partial charge in [0.1, 0.15) is 17.5 Å². The summed E-state index contributed by atoms with van der Waals surface area (Å²) >= 11 is 0. The number of hydrogen-bond acceptors (Lipinski definition) is 4. The Morgan fingerprint density at radius 3 is 2.47 bits per heavy atom. The largest absolute Gasteiger partial charge is 0.371 e. The molecule has 1 atom stereocenters. The lowest BCUT2D eigenvalue weighted by Gasteiger charge is -2.35. The Morgan fingerprint density at radius 2 is 1.79 bits per heavy atom. The van der Waals surface area contributed by atoms with Gasteiger partial charge in [-0.15, -0.1) is 0 Å². The van der Waals surface area contributed by atoms with E-state index in [2.05, 4.69) is 23.2 Å². The molecule has 0 radical (unpaired) electrons. The molecule has 1 saturated heterocycles. The van der Waals surface area contributed by atoms with E-state index in [1.165, 1.54) is 62.1 Å². The Balaban J connectivity index is 1.55. The van der Waals surface area contributed by atoms with Crippen molar-refractivity contribution >= 4 is 22.4 Å². The Morgan fingerprint density at radius 1 is 1.08 bits per heavy atom. The van der Waals surface area contributed by atoms with E-state index in [0.717, 1.165) is 49.2 Å². The summed E-state index contributed by atoms with van der Waals surface area (Å²) in [5.74, 6) is -3.07. The molecule has 1 aromatic heterocycles. The Hall–Kier alpha value is -2.83. The number of anilines is 2. The van der Waals surface area contributed by atoms with E-state index in [9.17, 15) is 8.78 Å². The maximum Gasteiger partial charge on any atom is 0.278 e. The maximum absolute atomic E-state index is 15.5. The van der Waals surface area contributed by atoms with E-state index >= 15 is 4.39 Å². The summed E-state index contributed by atoms with van der Waals surface area (Å²) in [4.78, 5) is 12.1. The molecule has 2 heterocycles. The predicted molar refractivity (Wildman–Crippen MR) is 149 cm³/mol. The van der Waals surface area contributed by atoms with E-state index in [0.29, 0.717) is 11.6 Å². The van der Waals surface area contributed by atoms with Crippen molar-refractivity contribution < 1.29 is 13.2 Å². The summed E-state index contributed by atoms with van der Waals surface area (Å²) in [6.07, 6.45) is 6.77. The summed E-state index contributed by atoms with van der Waals surface area (Å²) < 4.78 is 45.0. The van der Waals surface area contributed by atoms with Crippen molar-refractivity contribution in [3.05, 3.63) is 58.2 Å². The fraction of sp³-hybridized carbons (Fsp3) is 0.548. The third kappa shape index (κ3) is 4.73. The first kappa shape index (κ1) is 26.8. The van der Waals surface area contributed by atoms with Gasteiger partial charge in [0.2, 0.25) is 0 Å². The van der Waals surface area contributed by atoms with Crippen molar-refractivity contribution in [1.29, 1.82) is 0 Å². The second-order valence-corrected chi connectivity index (χ2v) is 11.4. The summed E-state index contributed by atoms with van der Waals surface area (Å²) in [7, 11) is 0. The molecule has 0 spiro atoms. The van der Waals surface area contributed by atoms with Gasteiger partial charge in [0.25, 0.3) is 5.92 Å². The van der Waals surface area contributed by atoms with Crippen LogP contribution in [0.15, 0.2) is 24.3 Å². The zero-order valence-corrected chi connectivity index (χ0v) is 23.2. The van der Waals surface area contributed by atoms with Gasteiger partial charge in [-0.25, -0.2) is 23.1 Å². The highest BCUT2D eigenvalue weighted by atomic mass is 19.3. The molecule has 2 aromatic carbocycles. The summed E-state index contributed by atoms with van der Waals surface area (Å²) in [6.45, 7) is 10.8. The van der Waals surface area contributed by atoms with Crippen molar-refractivity contribution in [3.63, 3.8) is 0 Å². The van der Waals surface area contributed by atoms with Gasteiger partial charge in [-0.2, -0.15) is 0 Å². The van der Waals surface area contributed by atoms with Crippen LogP contribution in [-0.4, -0.2) is 23.1 Å². The molecular formula is C31H39F3N4. The number of rotatable bonds is 7. The zero-order valence-electron chi connectivity index (χ0n) is 23.2. The fourth-order valence-electron chi connectivity index (χ4n) is 6.17. The van der Waals surface area contributed by atoms with Gasteiger partial charge >= 0.3 is 0 Å². The van der Waals surface area contributed by atoms with Crippen LogP contribution in [0.2, 0.25) is 0 Å². The first-order valence-electron chi connectivity index (χ1n) is 14.1. The molecule has 0 saturated carbocycles. The lowest BCUT2D eigenvalue weighted by atomic mass is 9.93. The molecule has 0 amide bonds. The number of aryl methyl sites for hydroxylation is 2. The van der Waals surface area contributed by atoms with E-state index < -0.39 is 29.3 Å². The van der Waals surface area contributed by atoms with Crippen LogP contribution >= 0.6 is 0 Å². The van der Waals surface area contributed by atoms with Crippen LogP contribution in [0.1, 0.15) is 87.5 Å². The molecule has 5 rings (SSSR count). The van der Waals surface area contributed by atoms with Crippen molar-refractivity contribution in [2.24, 2.45) is 11.8 Å². The second-order valence-electron chi connectivity index (χ2n) is 11.4. The minimum absolute atomic E-state index is 0.204. The number of hydrogen-bond donors (Lipinski definition) is 1. The standard InChI is InChI=1S/C31H39F3N4/c1-6-21-13-15-38(16-14-21)27-17-25-29(24-11-7-10-23(24)27)36-20(5)37-30(25)35-19(4)22-9-8-12-26(28(22)32)31(33,34)18(2)3/h8-9,12,17-19,21H,6-7,10-11,13-16H2,1-5H3,(H,35,36,37)/t19-/m1/s1. The van der Waals surface area contributed by atoms with Crippen LogP contribution in [-0.2, 0) is 18.8 Å². The molecular weight excluding hydrogens is 485 g/mol. The highest BCUT2D eigenvalue weighted by Crippen LogP contribution is 2.42. The van der Waals surface area contributed by atoms with Crippen LogP contribution < -0.4 is 10.2 Å². The van der Waals surface area contributed by atoms with Crippen LogP contribution in [0.4, 0.5) is 24.7 Å². The fourth-order valence-corrected chi connectivity index (χ4v) is 6.17. The number of piperidine rings is 1. The van der Waals surface area contributed by atoms with Gasteiger partial charge in [0.15, 0.2) is 0 Å². The highest BCUT2D eigenvalue weighted by Gasteiger charge is 2.39. The number of halogens is 3. The summed E-state index contributed by atoms with van der Waals surface area (Å²) in [5.41, 5.74) is 4.56. The van der Waals surface area contributed by atoms with E-state index in [-0.39, 0.29) is 5.56 Å². The van der Waals surface area contributed by atoms with Gasteiger partial charge in [-0.1, -0.05) is 45.4 Å². The number of nitrogens with zero attached hydrogens (tertiary/aromatic N) is 3. The molecule has 1 N–H and O–H groups in total. The SMILES string of the molecule is CCC1CCN(c2cc3c(N[C@H](C)c4cccc(C(F)(F)C(C)C)c4F)nc(C)nc3c3c2CCC3)CC1. The number of fused-ring (bicyclic) bond motifs is 3. The van der Waals surface area contributed by atoms with Crippen LogP contribution in [0, 0.1) is 24.6 Å².